The normalized spacial score (nSPS) is 14.1. The fraction of sp³-hybridized carbons (Fsp3) is 0.393. The molecule has 12 heteroatoms. The largest absolute Gasteiger partial charge is 0.463 e. The highest BCUT2D eigenvalue weighted by Crippen LogP contribution is 2.54. The minimum absolute atomic E-state index is 0.182. The molecule has 0 aliphatic carbocycles. The van der Waals surface area contributed by atoms with Crippen LogP contribution < -0.4 is 5.32 Å². The Balaban J connectivity index is 2.65. The summed E-state index contributed by atoms with van der Waals surface area (Å²) in [7, 11) is -3.95. The van der Waals surface area contributed by atoms with E-state index in [2.05, 4.69) is 5.32 Å². The van der Waals surface area contributed by atoms with Crippen molar-refractivity contribution in [1.82, 2.24) is 5.32 Å². The van der Waals surface area contributed by atoms with Gasteiger partial charge in [0.15, 0.2) is 19.3 Å². The van der Waals surface area contributed by atoms with Crippen molar-refractivity contribution < 1.29 is 47.9 Å². The van der Waals surface area contributed by atoms with Crippen LogP contribution in [-0.4, -0.2) is 65.4 Å². The van der Waals surface area contributed by atoms with E-state index in [9.17, 15) is 33.6 Å². The van der Waals surface area contributed by atoms with Crippen LogP contribution in [0.5, 0.6) is 0 Å². The number of nitrogens with one attached hydrogen (secondary N) is 1. The van der Waals surface area contributed by atoms with Crippen LogP contribution in [0, 0.1) is 0 Å². The van der Waals surface area contributed by atoms with Gasteiger partial charge < -0.3 is 29.2 Å². The van der Waals surface area contributed by atoms with E-state index in [1.54, 1.807) is 60.7 Å². The van der Waals surface area contributed by atoms with Crippen LogP contribution >= 0.6 is 7.14 Å². The predicted octanol–water partition coefficient (Wildman–Crippen LogP) is 2.57. The van der Waals surface area contributed by atoms with Crippen molar-refractivity contribution in [1.29, 1.82) is 0 Å². The average Bonchev–Trinajstić information content (AvgIpc) is 2.88. The number of rotatable bonds is 14. The van der Waals surface area contributed by atoms with Gasteiger partial charge in [-0.1, -0.05) is 60.7 Å². The van der Waals surface area contributed by atoms with Gasteiger partial charge in [-0.15, -0.1) is 0 Å². The molecule has 216 valence electrons. The van der Waals surface area contributed by atoms with Gasteiger partial charge in [-0.2, -0.15) is 0 Å². The third kappa shape index (κ3) is 10.1. The number of carbonyl (C=O) groups is 5. The van der Waals surface area contributed by atoms with Gasteiger partial charge in [0.05, 0.1) is 0 Å². The zero-order valence-corrected chi connectivity index (χ0v) is 23.7. The predicted molar refractivity (Wildman–Crippen MR) is 144 cm³/mol. The van der Waals surface area contributed by atoms with Crippen LogP contribution in [0.4, 0.5) is 0 Å². The molecular weight excluding hydrogens is 541 g/mol. The number of benzene rings is 2. The monoisotopic (exact) mass is 575 g/mol. The molecule has 4 atom stereocenters. The number of ether oxygens (including phenoxy) is 3. The van der Waals surface area contributed by atoms with Gasteiger partial charge in [-0.3, -0.25) is 24.0 Å². The van der Waals surface area contributed by atoms with E-state index in [4.69, 9.17) is 14.2 Å². The van der Waals surface area contributed by atoms with Crippen molar-refractivity contribution >= 4 is 36.5 Å². The molecule has 2 rings (SSSR count). The maximum atomic E-state index is 14.6. The number of hydrogen-bond acceptors (Lipinski definition) is 10. The lowest BCUT2D eigenvalue weighted by Crippen LogP contribution is -2.58. The number of carbonyl (C=O) groups excluding carboxylic acids is 5. The molecule has 0 saturated carbocycles. The second kappa shape index (κ2) is 15.1. The zero-order valence-electron chi connectivity index (χ0n) is 22.8. The van der Waals surface area contributed by atoms with Crippen molar-refractivity contribution in [2.24, 2.45) is 0 Å². The first kappa shape index (κ1) is 32.4. The molecule has 2 aromatic rings. The third-order valence-corrected chi connectivity index (χ3v) is 8.51. The fourth-order valence-corrected chi connectivity index (χ4v) is 6.84. The van der Waals surface area contributed by atoms with Gasteiger partial charge >= 0.3 is 17.9 Å². The lowest BCUT2D eigenvalue weighted by Gasteiger charge is -2.35. The summed E-state index contributed by atoms with van der Waals surface area (Å²) in [6, 6.07) is 15.4. The average molecular weight is 576 g/mol. The number of hydrogen-bond donors (Lipinski definition) is 2. The summed E-state index contributed by atoms with van der Waals surface area (Å²) in [5, 5.41) is 13.2. The van der Waals surface area contributed by atoms with Crippen molar-refractivity contribution in [2.45, 2.75) is 64.4 Å². The maximum Gasteiger partial charge on any atom is 0.303 e. The Labute approximate surface area is 232 Å². The van der Waals surface area contributed by atoms with Crippen LogP contribution in [0.25, 0.3) is 0 Å². The first-order valence-electron chi connectivity index (χ1n) is 12.5. The summed E-state index contributed by atoms with van der Waals surface area (Å²) in [5.74, 6) is -3.35. The molecule has 0 fully saturated rings. The minimum Gasteiger partial charge on any atom is -0.463 e. The highest BCUT2D eigenvalue weighted by atomic mass is 31.2. The van der Waals surface area contributed by atoms with Crippen molar-refractivity contribution in [3.63, 3.8) is 0 Å². The van der Waals surface area contributed by atoms with Gasteiger partial charge in [0.25, 0.3) is 0 Å². The number of amides is 1. The third-order valence-electron chi connectivity index (χ3n) is 5.68. The molecule has 0 saturated heterocycles. The smallest absolute Gasteiger partial charge is 0.303 e. The summed E-state index contributed by atoms with van der Waals surface area (Å²) in [6.45, 7) is 3.53. The lowest BCUT2D eigenvalue weighted by molar-refractivity contribution is -0.183. The maximum absolute atomic E-state index is 14.6. The molecule has 2 N–H and O–H groups in total. The Hall–Kier alpha value is -3.82. The lowest BCUT2D eigenvalue weighted by atomic mass is 10.0. The molecule has 11 nitrogen and oxygen atoms in total. The topological polar surface area (TPSA) is 162 Å². The van der Waals surface area contributed by atoms with E-state index in [1.807, 2.05) is 0 Å². The van der Waals surface area contributed by atoms with Gasteiger partial charge in [0, 0.05) is 40.0 Å². The van der Waals surface area contributed by atoms with Crippen molar-refractivity contribution in [2.75, 3.05) is 6.61 Å². The summed E-state index contributed by atoms with van der Waals surface area (Å²) < 4.78 is 30.0. The Bertz CT molecular complexity index is 1190. The Morgan fingerprint density at radius 1 is 0.750 bits per heavy atom. The quantitative estimate of drug-likeness (QED) is 0.194. The standard InChI is InChI=1S/C28H34NO10P/c1-18(30)29-25(27(39-21(4)33)26(38-20(3)32)24(34)15-37-19(2)31)28(35)40(36,16-22-11-7-5-8-12-22)17-23-13-9-6-10-14-23/h5-14,24-27,34H,15-17H2,1-4H3,(H,29,30)/t24-,25-,26-,27-/m1/s1. The number of aliphatic hydroxyl groups is 1. The molecule has 0 unspecified atom stereocenters. The summed E-state index contributed by atoms with van der Waals surface area (Å²) >= 11 is 0. The molecule has 2 aromatic carbocycles. The second-order valence-corrected chi connectivity index (χ2v) is 12.1. The van der Waals surface area contributed by atoms with Crippen LogP contribution in [-0.2, 0) is 55.1 Å². The molecule has 40 heavy (non-hydrogen) atoms. The van der Waals surface area contributed by atoms with Crippen LogP contribution in [0.2, 0.25) is 0 Å². The minimum atomic E-state index is -3.95. The molecule has 1 amide bonds. The van der Waals surface area contributed by atoms with Crippen LogP contribution in [0.15, 0.2) is 60.7 Å². The highest BCUT2D eigenvalue weighted by Gasteiger charge is 2.48. The molecule has 0 spiro atoms. The Morgan fingerprint density at radius 3 is 1.60 bits per heavy atom. The van der Waals surface area contributed by atoms with Gasteiger partial charge in [0.1, 0.15) is 18.8 Å². The second-order valence-electron chi connectivity index (χ2n) is 9.21. The van der Waals surface area contributed by atoms with E-state index in [-0.39, 0.29) is 12.3 Å². The SMILES string of the molecule is CC(=O)N[C@@H](C(=O)P(=O)(Cc1ccccc1)Cc1ccccc1)[C@@H](OC(C)=O)[C@H](OC(C)=O)[C@H](O)COC(C)=O. The Kier molecular flexibility index (Phi) is 12.2. The molecule has 0 heterocycles. The van der Waals surface area contributed by atoms with E-state index in [0.29, 0.717) is 11.1 Å². The molecule has 0 aliphatic rings. The highest BCUT2D eigenvalue weighted by molar-refractivity contribution is 7.79. The van der Waals surface area contributed by atoms with E-state index in [1.165, 1.54) is 0 Å². The van der Waals surface area contributed by atoms with Crippen molar-refractivity contribution in [3.8, 4) is 0 Å². The first-order chi connectivity index (χ1) is 18.8. The Morgan fingerprint density at radius 2 is 1.20 bits per heavy atom. The zero-order chi connectivity index (χ0) is 29.9. The van der Waals surface area contributed by atoms with Crippen molar-refractivity contribution in [3.05, 3.63) is 71.8 Å². The van der Waals surface area contributed by atoms with E-state index >= 15 is 0 Å². The van der Waals surface area contributed by atoms with Crippen LogP contribution in [0.3, 0.4) is 0 Å². The molecule has 0 aliphatic heterocycles. The molecule has 0 radical (unpaired) electrons. The molecule has 0 aromatic heterocycles. The fourth-order valence-electron chi connectivity index (χ4n) is 4.10. The number of esters is 3. The molecular formula is C28H34NO10P. The van der Waals surface area contributed by atoms with E-state index in [0.717, 1.165) is 27.7 Å². The first-order valence-corrected chi connectivity index (χ1v) is 14.5. The van der Waals surface area contributed by atoms with Gasteiger partial charge in [0.2, 0.25) is 11.4 Å². The van der Waals surface area contributed by atoms with Gasteiger partial charge in [-0.25, -0.2) is 0 Å². The number of aliphatic hydroxyl groups excluding tert-OH is 1. The summed E-state index contributed by atoms with van der Waals surface area (Å²) in [4.78, 5) is 62.0. The van der Waals surface area contributed by atoms with Crippen LogP contribution in [0.1, 0.15) is 38.8 Å². The molecule has 0 bridgehead atoms. The summed E-state index contributed by atoms with van der Waals surface area (Å²) in [5.41, 5.74) is 0.220. The summed E-state index contributed by atoms with van der Waals surface area (Å²) in [6.07, 6.45) is -5.73. The van der Waals surface area contributed by atoms with E-state index < -0.39 is 67.4 Å². The van der Waals surface area contributed by atoms with Gasteiger partial charge in [-0.05, 0) is 11.1 Å².